The molecule has 0 bridgehead atoms. The molecule has 0 radical (unpaired) electrons. The highest BCUT2D eigenvalue weighted by molar-refractivity contribution is 6.01. The molecule has 1 unspecified atom stereocenters. The highest BCUT2D eigenvalue weighted by Gasteiger charge is 2.26. The number of ether oxygens (including phenoxy) is 1. The number of carbonyl (C=O) groups is 1. The SMILES string of the molecule is Nc1ccc2c(c1)c(-c1ccc(F)cc1)nn2C(=O)C1CCCCO1. The molecule has 1 aliphatic rings. The van der Waals surface area contributed by atoms with E-state index in [1.807, 2.05) is 0 Å². The second kappa shape index (κ2) is 6.29. The molecule has 3 aromatic rings. The molecule has 2 aromatic carbocycles. The van der Waals surface area contributed by atoms with Crippen LogP contribution in [-0.2, 0) is 4.74 Å². The van der Waals surface area contributed by atoms with Crippen LogP contribution in [-0.4, -0.2) is 28.4 Å². The van der Waals surface area contributed by atoms with Crippen LogP contribution in [0.5, 0.6) is 0 Å². The number of carbonyl (C=O) groups excluding carboxylic acids is 1. The summed E-state index contributed by atoms with van der Waals surface area (Å²) >= 11 is 0. The quantitative estimate of drug-likeness (QED) is 0.724. The molecule has 1 fully saturated rings. The first-order valence-electron chi connectivity index (χ1n) is 8.33. The van der Waals surface area contributed by atoms with E-state index in [0.717, 1.165) is 23.8 Å². The zero-order valence-corrected chi connectivity index (χ0v) is 13.6. The van der Waals surface area contributed by atoms with Gasteiger partial charge in [0.25, 0.3) is 5.91 Å². The summed E-state index contributed by atoms with van der Waals surface area (Å²) in [7, 11) is 0. The Hall–Kier alpha value is -2.73. The van der Waals surface area contributed by atoms with E-state index in [-0.39, 0.29) is 11.7 Å². The number of nitrogens with two attached hydrogens (primary N) is 1. The number of aromatic nitrogens is 2. The third-order valence-electron chi connectivity index (χ3n) is 4.49. The molecule has 4 rings (SSSR count). The van der Waals surface area contributed by atoms with Crippen molar-refractivity contribution in [2.75, 3.05) is 12.3 Å². The number of anilines is 1. The van der Waals surface area contributed by atoms with Crippen molar-refractivity contribution in [1.82, 2.24) is 9.78 Å². The molecular weight excluding hydrogens is 321 g/mol. The Morgan fingerprint density at radius 1 is 1.20 bits per heavy atom. The van der Waals surface area contributed by atoms with Gasteiger partial charge in [-0.1, -0.05) is 0 Å². The maximum absolute atomic E-state index is 13.2. The summed E-state index contributed by atoms with van der Waals surface area (Å²) in [4.78, 5) is 12.9. The number of benzene rings is 2. The van der Waals surface area contributed by atoms with Crippen molar-refractivity contribution in [3.05, 3.63) is 48.3 Å². The van der Waals surface area contributed by atoms with Gasteiger partial charge >= 0.3 is 0 Å². The van der Waals surface area contributed by atoms with Gasteiger partial charge in [0.05, 0.1) is 5.52 Å². The molecule has 1 aliphatic heterocycles. The van der Waals surface area contributed by atoms with Gasteiger partial charge in [0.1, 0.15) is 17.6 Å². The van der Waals surface area contributed by atoms with Gasteiger partial charge in [-0.05, 0) is 61.7 Å². The van der Waals surface area contributed by atoms with Gasteiger partial charge in [-0.15, -0.1) is 0 Å². The lowest BCUT2D eigenvalue weighted by Gasteiger charge is -2.21. The van der Waals surface area contributed by atoms with Crippen molar-refractivity contribution < 1.29 is 13.9 Å². The van der Waals surface area contributed by atoms with Gasteiger partial charge in [-0.2, -0.15) is 9.78 Å². The predicted molar refractivity (Wildman–Crippen MR) is 93.8 cm³/mol. The maximum Gasteiger partial charge on any atom is 0.276 e. The fourth-order valence-electron chi connectivity index (χ4n) is 3.20. The maximum atomic E-state index is 13.2. The second-order valence-electron chi connectivity index (χ2n) is 6.24. The lowest BCUT2D eigenvalue weighted by atomic mass is 10.1. The molecule has 6 heteroatoms. The van der Waals surface area contributed by atoms with Crippen LogP contribution in [0.25, 0.3) is 22.2 Å². The first-order chi connectivity index (χ1) is 12.1. The summed E-state index contributed by atoms with van der Waals surface area (Å²) in [5.74, 6) is -0.499. The smallest absolute Gasteiger partial charge is 0.276 e. The van der Waals surface area contributed by atoms with Gasteiger partial charge < -0.3 is 10.5 Å². The zero-order chi connectivity index (χ0) is 17.4. The van der Waals surface area contributed by atoms with Crippen molar-refractivity contribution in [3.8, 4) is 11.3 Å². The van der Waals surface area contributed by atoms with Gasteiger partial charge in [-0.3, -0.25) is 4.79 Å². The molecule has 25 heavy (non-hydrogen) atoms. The summed E-state index contributed by atoms with van der Waals surface area (Å²) in [6.45, 7) is 0.591. The van der Waals surface area contributed by atoms with Gasteiger partial charge in [0, 0.05) is 23.2 Å². The fourth-order valence-corrected chi connectivity index (χ4v) is 3.20. The summed E-state index contributed by atoms with van der Waals surface area (Å²) in [5, 5.41) is 5.27. The van der Waals surface area contributed by atoms with Crippen LogP contribution in [0.2, 0.25) is 0 Å². The molecule has 1 atom stereocenters. The van der Waals surface area contributed by atoms with Crippen molar-refractivity contribution in [1.29, 1.82) is 0 Å². The Labute approximate surface area is 144 Å². The van der Waals surface area contributed by atoms with E-state index in [9.17, 15) is 9.18 Å². The zero-order valence-electron chi connectivity index (χ0n) is 13.6. The normalized spacial score (nSPS) is 17.7. The molecule has 0 saturated carbocycles. The Kier molecular flexibility index (Phi) is 3.97. The number of rotatable bonds is 2. The molecule has 1 aromatic heterocycles. The highest BCUT2D eigenvalue weighted by atomic mass is 19.1. The average molecular weight is 339 g/mol. The monoisotopic (exact) mass is 339 g/mol. The minimum Gasteiger partial charge on any atom is -0.399 e. The third kappa shape index (κ3) is 2.89. The summed E-state index contributed by atoms with van der Waals surface area (Å²) in [6, 6.07) is 11.3. The third-order valence-corrected chi connectivity index (χ3v) is 4.49. The number of hydrogen-bond acceptors (Lipinski definition) is 4. The van der Waals surface area contributed by atoms with E-state index in [4.69, 9.17) is 10.5 Å². The molecular formula is C19H18FN3O2. The first-order valence-corrected chi connectivity index (χ1v) is 8.33. The average Bonchev–Trinajstić information content (AvgIpc) is 3.01. The van der Waals surface area contributed by atoms with Crippen LogP contribution < -0.4 is 5.73 Å². The first kappa shape index (κ1) is 15.8. The molecule has 1 saturated heterocycles. The summed E-state index contributed by atoms with van der Waals surface area (Å²) in [5.41, 5.74) is 8.50. The van der Waals surface area contributed by atoms with E-state index in [1.54, 1.807) is 30.3 Å². The summed E-state index contributed by atoms with van der Waals surface area (Å²) < 4.78 is 20.2. The Morgan fingerprint density at radius 3 is 2.72 bits per heavy atom. The molecule has 0 amide bonds. The van der Waals surface area contributed by atoms with E-state index >= 15 is 0 Å². The molecule has 0 aliphatic carbocycles. The van der Waals surface area contributed by atoms with Gasteiger partial charge in [-0.25, -0.2) is 4.39 Å². The number of nitrogen functional groups attached to an aromatic ring is 1. The van der Waals surface area contributed by atoms with Crippen molar-refractivity contribution in [2.24, 2.45) is 0 Å². The van der Waals surface area contributed by atoms with Crippen molar-refractivity contribution in [3.63, 3.8) is 0 Å². The van der Waals surface area contributed by atoms with Crippen LogP contribution in [0, 0.1) is 5.82 Å². The highest BCUT2D eigenvalue weighted by Crippen LogP contribution is 2.30. The number of halogens is 1. The fraction of sp³-hybridized carbons (Fsp3) is 0.263. The number of fused-ring (bicyclic) bond motifs is 1. The Bertz CT molecular complexity index is 928. The second-order valence-corrected chi connectivity index (χ2v) is 6.24. The lowest BCUT2D eigenvalue weighted by Crippen LogP contribution is -2.33. The van der Waals surface area contributed by atoms with Crippen LogP contribution in [0.3, 0.4) is 0 Å². The standard InChI is InChI=1S/C19H18FN3O2/c20-13-6-4-12(5-7-13)18-15-11-14(21)8-9-16(15)23(22-18)19(24)17-3-1-2-10-25-17/h4-9,11,17H,1-3,10,21H2. The molecule has 5 nitrogen and oxygen atoms in total. The van der Waals surface area contributed by atoms with E-state index in [2.05, 4.69) is 5.10 Å². The molecule has 2 N–H and O–H groups in total. The summed E-state index contributed by atoms with van der Waals surface area (Å²) in [6.07, 6.45) is 2.16. The van der Waals surface area contributed by atoms with Gasteiger partial charge in [0.15, 0.2) is 0 Å². The molecule has 0 spiro atoms. The van der Waals surface area contributed by atoms with Gasteiger partial charge in [0.2, 0.25) is 0 Å². The largest absolute Gasteiger partial charge is 0.399 e. The minimum absolute atomic E-state index is 0.178. The topological polar surface area (TPSA) is 70.1 Å². The Morgan fingerprint density at radius 2 is 2.00 bits per heavy atom. The Balaban J connectivity index is 1.85. The van der Waals surface area contributed by atoms with E-state index < -0.39 is 6.10 Å². The van der Waals surface area contributed by atoms with E-state index in [1.165, 1.54) is 16.8 Å². The molecule has 128 valence electrons. The minimum atomic E-state index is -0.476. The van der Waals surface area contributed by atoms with E-state index in [0.29, 0.717) is 29.9 Å². The van der Waals surface area contributed by atoms with Crippen LogP contribution in [0.4, 0.5) is 10.1 Å². The lowest BCUT2D eigenvalue weighted by molar-refractivity contribution is 0.0113. The predicted octanol–water partition coefficient (Wildman–Crippen LogP) is 3.63. The van der Waals surface area contributed by atoms with Crippen LogP contribution in [0.15, 0.2) is 42.5 Å². The van der Waals surface area contributed by atoms with Crippen molar-refractivity contribution in [2.45, 2.75) is 25.4 Å². The van der Waals surface area contributed by atoms with Crippen molar-refractivity contribution >= 4 is 22.5 Å². The van der Waals surface area contributed by atoms with Crippen LogP contribution >= 0.6 is 0 Å². The molecule has 2 heterocycles. The number of hydrogen-bond donors (Lipinski definition) is 1. The van der Waals surface area contributed by atoms with Crippen LogP contribution in [0.1, 0.15) is 24.1 Å². The number of nitrogens with zero attached hydrogens (tertiary/aromatic N) is 2.